The fourth-order valence-electron chi connectivity index (χ4n) is 2.20. The van der Waals surface area contributed by atoms with E-state index in [1.54, 1.807) is 11.3 Å². The van der Waals surface area contributed by atoms with E-state index in [9.17, 15) is 0 Å². The Balaban J connectivity index is 2.43. The highest BCUT2D eigenvalue weighted by Crippen LogP contribution is 2.37. The molecule has 0 unspecified atom stereocenters. The van der Waals surface area contributed by atoms with Gasteiger partial charge in [-0.1, -0.05) is 39.8 Å². The van der Waals surface area contributed by atoms with Crippen LogP contribution in [-0.4, -0.2) is 0 Å². The molecule has 0 N–H and O–H groups in total. The molecule has 0 aliphatic carbocycles. The lowest BCUT2D eigenvalue weighted by molar-refractivity contribution is 0.484. The number of hydrogen-bond acceptors (Lipinski definition) is 2. The summed E-state index contributed by atoms with van der Waals surface area (Å²) in [7, 11) is 0. The number of rotatable bonds is 4. The van der Waals surface area contributed by atoms with E-state index in [-0.39, 0.29) is 0 Å². The Labute approximate surface area is 113 Å². The molecule has 18 heavy (non-hydrogen) atoms. The van der Waals surface area contributed by atoms with Gasteiger partial charge in [0.25, 0.3) is 0 Å². The van der Waals surface area contributed by atoms with Crippen molar-refractivity contribution in [1.82, 2.24) is 0 Å². The van der Waals surface area contributed by atoms with E-state index in [2.05, 4.69) is 45.9 Å². The van der Waals surface area contributed by atoms with Crippen molar-refractivity contribution in [2.45, 2.75) is 39.5 Å². The van der Waals surface area contributed by atoms with Crippen molar-refractivity contribution in [3.8, 4) is 10.8 Å². The van der Waals surface area contributed by atoms with E-state index in [1.807, 2.05) is 17.5 Å². The topological polar surface area (TPSA) is 9.23 Å². The van der Waals surface area contributed by atoms with Crippen LogP contribution in [-0.2, 0) is 0 Å². The van der Waals surface area contributed by atoms with Crippen molar-refractivity contribution in [1.29, 1.82) is 0 Å². The van der Waals surface area contributed by atoms with Crippen molar-refractivity contribution in [2.75, 3.05) is 0 Å². The molecule has 0 aliphatic heterocycles. The zero-order valence-electron chi connectivity index (χ0n) is 11.4. The second-order valence-corrected chi connectivity index (χ2v) is 6.01. The largest absolute Gasteiger partial charge is 0.446 e. The standard InChI is InChI=1S/C16H20OS/c1-11(2)13-7-5-8-14(16(13)12(3)4)17-15-9-6-10-18-15/h5-12H,1-4H3. The molecule has 0 amide bonds. The molecule has 1 nitrogen and oxygen atoms in total. The van der Waals surface area contributed by atoms with E-state index < -0.39 is 0 Å². The Bertz CT molecular complexity index is 498. The Morgan fingerprint density at radius 3 is 2.28 bits per heavy atom. The third-order valence-corrected chi connectivity index (χ3v) is 3.75. The van der Waals surface area contributed by atoms with Gasteiger partial charge in [-0.25, -0.2) is 0 Å². The average molecular weight is 260 g/mol. The predicted molar refractivity (Wildman–Crippen MR) is 79.0 cm³/mol. The van der Waals surface area contributed by atoms with Gasteiger partial charge in [-0.15, -0.1) is 11.3 Å². The molecule has 0 radical (unpaired) electrons. The molecule has 0 aliphatic rings. The first kappa shape index (κ1) is 13.2. The molecule has 0 saturated heterocycles. The third-order valence-electron chi connectivity index (χ3n) is 3.00. The SMILES string of the molecule is CC(C)c1cccc(Oc2cccs2)c1C(C)C. The second-order valence-electron chi connectivity index (χ2n) is 5.10. The lowest BCUT2D eigenvalue weighted by Gasteiger charge is -2.19. The lowest BCUT2D eigenvalue weighted by Crippen LogP contribution is -2.01. The van der Waals surface area contributed by atoms with E-state index in [0.717, 1.165) is 10.8 Å². The van der Waals surface area contributed by atoms with Gasteiger partial charge in [0.2, 0.25) is 0 Å². The van der Waals surface area contributed by atoms with Crippen LogP contribution >= 0.6 is 11.3 Å². The van der Waals surface area contributed by atoms with Crippen LogP contribution in [0.25, 0.3) is 0 Å². The highest BCUT2D eigenvalue weighted by atomic mass is 32.1. The zero-order chi connectivity index (χ0) is 13.1. The van der Waals surface area contributed by atoms with Crippen molar-refractivity contribution >= 4 is 11.3 Å². The second kappa shape index (κ2) is 5.57. The van der Waals surface area contributed by atoms with E-state index in [1.165, 1.54) is 11.1 Å². The maximum atomic E-state index is 6.02. The highest BCUT2D eigenvalue weighted by Gasteiger charge is 2.15. The predicted octanol–water partition coefficient (Wildman–Crippen LogP) is 5.79. The molecule has 1 aromatic heterocycles. The van der Waals surface area contributed by atoms with Gasteiger partial charge < -0.3 is 4.74 Å². The average Bonchev–Trinajstić information content (AvgIpc) is 2.81. The summed E-state index contributed by atoms with van der Waals surface area (Å²) in [4.78, 5) is 0. The molecule has 0 fully saturated rings. The van der Waals surface area contributed by atoms with E-state index in [0.29, 0.717) is 11.8 Å². The van der Waals surface area contributed by atoms with Crippen LogP contribution in [0.4, 0.5) is 0 Å². The number of benzene rings is 1. The summed E-state index contributed by atoms with van der Waals surface area (Å²) in [6.07, 6.45) is 0. The molecule has 2 aromatic rings. The zero-order valence-corrected chi connectivity index (χ0v) is 12.3. The summed E-state index contributed by atoms with van der Waals surface area (Å²) in [6, 6.07) is 10.4. The van der Waals surface area contributed by atoms with Gasteiger partial charge >= 0.3 is 0 Å². The molecular weight excluding hydrogens is 240 g/mol. The quantitative estimate of drug-likeness (QED) is 0.676. The Morgan fingerprint density at radius 2 is 1.72 bits per heavy atom. The Kier molecular flexibility index (Phi) is 4.07. The maximum Gasteiger partial charge on any atom is 0.180 e. The minimum Gasteiger partial charge on any atom is -0.446 e. The normalized spacial score (nSPS) is 11.2. The van der Waals surface area contributed by atoms with Gasteiger partial charge in [-0.2, -0.15) is 0 Å². The van der Waals surface area contributed by atoms with E-state index >= 15 is 0 Å². The molecule has 0 spiro atoms. The Hall–Kier alpha value is -1.28. The lowest BCUT2D eigenvalue weighted by atomic mass is 9.90. The minimum absolute atomic E-state index is 0.471. The van der Waals surface area contributed by atoms with Crippen LogP contribution < -0.4 is 4.74 Å². The first-order chi connectivity index (χ1) is 8.59. The van der Waals surface area contributed by atoms with Crippen LogP contribution in [0.3, 0.4) is 0 Å². The van der Waals surface area contributed by atoms with Crippen LogP contribution in [0, 0.1) is 0 Å². The van der Waals surface area contributed by atoms with Crippen molar-refractivity contribution in [2.24, 2.45) is 0 Å². The molecule has 0 saturated carbocycles. The van der Waals surface area contributed by atoms with Gasteiger partial charge in [0.05, 0.1) is 0 Å². The van der Waals surface area contributed by atoms with Crippen molar-refractivity contribution < 1.29 is 4.74 Å². The fraction of sp³-hybridized carbons (Fsp3) is 0.375. The van der Waals surface area contributed by atoms with Crippen molar-refractivity contribution in [3.05, 3.63) is 46.8 Å². The molecule has 0 bridgehead atoms. The molecule has 96 valence electrons. The summed E-state index contributed by atoms with van der Waals surface area (Å²) >= 11 is 1.63. The van der Waals surface area contributed by atoms with Gasteiger partial charge in [0, 0.05) is 5.56 Å². The fourth-order valence-corrected chi connectivity index (χ4v) is 2.79. The van der Waals surface area contributed by atoms with Crippen LogP contribution in [0.1, 0.15) is 50.7 Å². The summed E-state index contributed by atoms with van der Waals surface area (Å²) < 4.78 is 6.02. The molecule has 1 aromatic carbocycles. The summed E-state index contributed by atoms with van der Waals surface area (Å²) in [5, 5.41) is 2.99. The molecular formula is C16H20OS. The molecule has 0 atom stereocenters. The molecule has 1 heterocycles. The van der Waals surface area contributed by atoms with Crippen LogP contribution in [0.15, 0.2) is 35.7 Å². The van der Waals surface area contributed by atoms with Gasteiger partial charge in [0.1, 0.15) is 5.75 Å². The maximum absolute atomic E-state index is 6.02. The minimum atomic E-state index is 0.471. The first-order valence-electron chi connectivity index (χ1n) is 6.43. The van der Waals surface area contributed by atoms with Crippen molar-refractivity contribution in [3.63, 3.8) is 0 Å². The summed E-state index contributed by atoms with van der Waals surface area (Å²) in [5.41, 5.74) is 2.72. The van der Waals surface area contributed by atoms with Gasteiger partial charge in [-0.05, 0) is 41.0 Å². The number of ether oxygens (including phenoxy) is 1. The van der Waals surface area contributed by atoms with Crippen LogP contribution in [0.2, 0.25) is 0 Å². The molecule has 2 rings (SSSR count). The number of thiophene rings is 1. The van der Waals surface area contributed by atoms with Gasteiger partial charge in [-0.3, -0.25) is 0 Å². The highest BCUT2D eigenvalue weighted by molar-refractivity contribution is 7.11. The Morgan fingerprint density at radius 1 is 0.944 bits per heavy atom. The smallest absolute Gasteiger partial charge is 0.180 e. The number of hydrogen-bond donors (Lipinski definition) is 0. The van der Waals surface area contributed by atoms with Crippen LogP contribution in [0.5, 0.6) is 10.8 Å². The summed E-state index contributed by atoms with van der Waals surface area (Å²) in [6.45, 7) is 8.91. The summed E-state index contributed by atoms with van der Waals surface area (Å²) in [5.74, 6) is 1.99. The third kappa shape index (κ3) is 2.75. The molecule has 2 heteroatoms. The van der Waals surface area contributed by atoms with Gasteiger partial charge in [0.15, 0.2) is 5.06 Å². The monoisotopic (exact) mass is 260 g/mol. The van der Waals surface area contributed by atoms with E-state index in [4.69, 9.17) is 4.74 Å². The first-order valence-corrected chi connectivity index (χ1v) is 7.31.